The summed E-state index contributed by atoms with van der Waals surface area (Å²) in [5, 5.41) is 9.27. The van der Waals surface area contributed by atoms with Crippen molar-refractivity contribution >= 4 is 66.3 Å². The molecule has 0 atom stereocenters. The van der Waals surface area contributed by atoms with Gasteiger partial charge in [-0.2, -0.15) is 0 Å². The molecule has 0 N–H and O–H groups in total. The second-order valence-corrected chi connectivity index (χ2v) is 17.0. The van der Waals surface area contributed by atoms with Gasteiger partial charge in [0.2, 0.25) is 0 Å². The van der Waals surface area contributed by atoms with E-state index in [1.54, 1.807) is 22.7 Å². The quantitative estimate of drug-likeness (QED) is 0.0635. The maximum absolute atomic E-state index is 6.53. The van der Waals surface area contributed by atoms with Crippen molar-refractivity contribution in [1.29, 1.82) is 0 Å². The number of rotatable bonds is 18. The first-order valence-corrected chi connectivity index (χ1v) is 23.5. The van der Waals surface area contributed by atoms with E-state index < -0.39 is 0 Å². The number of ether oxygens (including phenoxy) is 5. The summed E-state index contributed by atoms with van der Waals surface area (Å²) >= 11 is 3.36. The van der Waals surface area contributed by atoms with Crippen LogP contribution in [-0.4, -0.2) is 42.4 Å². The van der Waals surface area contributed by atoms with E-state index in [4.69, 9.17) is 23.7 Å². The predicted octanol–water partition coefficient (Wildman–Crippen LogP) is 14.7. The number of unbranched alkanes of at least 4 members (excludes halogenated alkanes) is 2. The van der Waals surface area contributed by atoms with Crippen LogP contribution in [0.25, 0.3) is 75.9 Å². The molecule has 7 nitrogen and oxygen atoms in total. The van der Waals surface area contributed by atoms with Crippen LogP contribution in [0.15, 0.2) is 156 Å². The zero-order valence-electron chi connectivity index (χ0n) is 35.4. The predicted molar refractivity (Wildman–Crippen MR) is 261 cm³/mol. The first-order valence-electron chi connectivity index (χ1n) is 21.7. The molecule has 10 aromatic rings. The Morgan fingerprint density at radius 1 is 0.413 bits per heavy atom. The summed E-state index contributed by atoms with van der Waals surface area (Å²) in [6.07, 6.45) is 2.76. The van der Waals surface area contributed by atoms with Crippen molar-refractivity contribution in [3.8, 4) is 55.3 Å². The van der Waals surface area contributed by atoms with E-state index in [0.29, 0.717) is 26.4 Å². The van der Waals surface area contributed by atoms with Crippen molar-refractivity contribution in [1.82, 2.24) is 9.13 Å². The van der Waals surface area contributed by atoms with Crippen LogP contribution in [0.3, 0.4) is 0 Å². The van der Waals surface area contributed by atoms with Crippen LogP contribution in [0.2, 0.25) is 0 Å². The average Bonchev–Trinajstić information content (AvgIpc) is 4.10. The monoisotopic (exact) mass is 868 g/mol. The summed E-state index contributed by atoms with van der Waals surface area (Å²) in [6.45, 7) is 6.50. The molecule has 0 saturated carbocycles. The van der Waals surface area contributed by atoms with Crippen LogP contribution in [0.5, 0.6) is 23.0 Å². The number of nitrogens with zero attached hydrogens (tertiary/aromatic N) is 2. The molecule has 63 heavy (non-hydrogen) atoms. The normalized spacial score (nSPS) is 11.6. The molecule has 0 bridgehead atoms. The Kier molecular flexibility index (Phi) is 11.9. The van der Waals surface area contributed by atoms with Crippen LogP contribution in [0.4, 0.5) is 0 Å². The van der Waals surface area contributed by atoms with E-state index in [0.717, 1.165) is 96.6 Å². The van der Waals surface area contributed by atoms with Crippen LogP contribution in [0, 0.1) is 0 Å². The van der Waals surface area contributed by atoms with Crippen molar-refractivity contribution in [2.45, 2.75) is 33.1 Å². The first kappa shape index (κ1) is 40.5. The summed E-state index contributed by atoms with van der Waals surface area (Å²) in [4.78, 5) is 2.07. The molecule has 0 amide bonds. The molecule has 316 valence electrons. The SMILES string of the molecule is CCOCOc1c(-n2c3ccccc3c3ccccc32)csc1-c1ccccc1OCCCCCOc1ccccc1-c1scc(-n2c3ccccc3c3ccccc32)c1OCC. The average molecular weight is 869 g/mol. The molecular formula is C54H48N2O5S2. The van der Waals surface area contributed by atoms with Gasteiger partial charge < -0.3 is 32.8 Å². The molecule has 9 heteroatoms. The Labute approximate surface area is 375 Å². The minimum absolute atomic E-state index is 0.157. The summed E-state index contributed by atoms with van der Waals surface area (Å²) in [5.41, 5.74) is 8.66. The van der Waals surface area contributed by atoms with Crippen LogP contribution < -0.4 is 18.9 Å². The van der Waals surface area contributed by atoms with Gasteiger partial charge in [-0.3, -0.25) is 0 Å². The molecular weight excluding hydrogens is 821 g/mol. The van der Waals surface area contributed by atoms with Crippen LogP contribution in [-0.2, 0) is 4.74 Å². The van der Waals surface area contributed by atoms with Gasteiger partial charge in [0.15, 0.2) is 18.3 Å². The molecule has 0 aliphatic carbocycles. The molecule has 0 unspecified atom stereocenters. The third-order valence-corrected chi connectivity index (χ3v) is 13.4. The van der Waals surface area contributed by atoms with Gasteiger partial charge in [0, 0.05) is 50.0 Å². The van der Waals surface area contributed by atoms with Gasteiger partial charge in [-0.05, 0) is 81.6 Å². The standard InChI is InChI=1S/C54H48N2O5S2/c1-3-57-36-61-52-48(56-45-28-14-8-22-39(45)40-23-9-15-29-46(40)56)35-63-54(52)42-25-11-17-31-50(42)60-33-19-5-18-32-59-49-30-16-10-24-41(49)53-51(58-4-2)47(34-62-53)55-43-26-12-6-20-37(43)38-21-7-13-27-44(38)55/h6-17,20-31,34-35H,3-5,18-19,32-33,36H2,1-2H3. The number of thiophene rings is 2. The molecule has 4 heterocycles. The summed E-state index contributed by atoms with van der Waals surface area (Å²) < 4.78 is 36.4. The van der Waals surface area contributed by atoms with E-state index in [2.05, 4.69) is 153 Å². The Balaban J connectivity index is 0.829. The maximum atomic E-state index is 6.53. The molecule has 0 saturated heterocycles. The Morgan fingerprint density at radius 3 is 1.24 bits per heavy atom. The summed E-state index contributed by atoms with van der Waals surface area (Å²) in [7, 11) is 0. The van der Waals surface area contributed by atoms with Gasteiger partial charge in [-0.25, -0.2) is 0 Å². The topological polar surface area (TPSA) is 56.0 Å². The molecule has 0 aliphatic rings. The number of hydrogen-bond acceptors (Lipinski definition) is 7. The lowest BCUT2D eigenvalue weighted by Gasteiger charge is -2.15. The molecule has 4 aromatic heterocycles. The fraction of sp³-hybridized carbons (Fsp3) is 0.185. The van der Waals surface area contributed by atoms with Gasteiger partial charge >= 0.3 is 0 Å². The second kappa shape index (κ2) is 18.4. The number of fused-ring (bicyclic) bond motifs is 6. The first-order chi connectivity index (χ1) is 31.2. The van der Waals surface area contributed by atoms with Crippen molar-refractivity contribution in [2.24, 2.45) is 0 Å². The highest BCUT2D eigenvalue weighted by Gasteiger charge is 2.24. The Bertz CT molecular complexity index is 3070. The highest BCUT2D eigenvalue weighted by atomic mass is 32.1. The van der Waals surface area contributed by atoms with Gasteiger partial charge in [0.1, 0.15) is 22.9 Å². The third kappa shape index (κ3) is 7.71. The van der Waals surface area contributed by atoms with Crippen molar-refractivity contribution in [3.63, 3.8) is 0 Å². The molecule has 0 spiro atoms. The highest BCUT2D eigenvalue weighted by Crippen LogP contribution is 2.49. The van der Waals surface area contributed by atoms with Crippen molar-refractivity contribution in [3.05, 3.63) is 156 Å². The fourth-order valence-corrected chi connectivity index (χ4v) is 10.6. The van der Waals surface area contributed by atoms with Crippen LogP contribution in [0.1, 0.15) is 33.1 Å². The molecule has 0 aliphatic heterocycles. The van der Waals surface area contributed by atoms with Crippen molar-refractivity contribution < 1.29 is 23.7 Å². The number of para-hydroxylation sites is 6. The van der Waals surface area contributed by atoms with Gasteiger partial charge in [-0.15, -0.1) is 22.7 Å². The third-order valence-electron chi connectivity index (χ3n) is 11.4. The lowest BCUT2D eigenvalue weighted by atomic mass is 10.1. The molecule has 10 rings (SSSR count). The smallest absolute Gasteiger partial charge is 0.189 e. The van der Waals surface area contributed by atoms with Gasteiger partial charge in [0.25, 0.3) is 0 Å². The largest absolute Gasteiger partial charge is 0.493 e. The van der Waals surface area contributed by atoms with E-state index in [-0.39, 0.29) is 6.79 Å². The zero-order valence-corrected chi connectivity index (χ0v) is 37.1. The Hall–Kier alpha value is -6.52. The maximum Gasteiger partial charge on any atom is 0.189 e. The van der Waals surface area contributed by atoms with E-state index in [1.807, 2.05) is 26.0 Å². The summed E-state index contributed by atoms with van der Waals surface area (Å²) in [6, 6.07) is 50.8. The second-order valence-electron chi connectivity index (χ2n) is 15.2. The van der Waals surface area contributed by atoms with Gasteiger partial charge in [-0.1, -0.05) is 97.1 Å². The van der Waals surface area contributed by atoms with E-state index in [1.165, 1.54) is 21.5 Å². The van der Waals surface area contributed by atoms with E-state index in [9.17, 15) is 0 Å². The fourth-order valence-electron chi connectivity index (χ4n) is 8.63. The highest BCUT2D eigenvalue weighted by molar-refractivity contribution is 7.14. The molecule has 0 radical (unpaired) electrons. The Morgan fingerprint density at radius 2 is 0.810 bits per heavy atom. The minimum atomic E-state index is 0.157. The number of benzene rings is 6. The van der Waals surface area contributed by atoms with E-state index >= 15 is 0 Å². The number of hydrogen-bond donors (Lipinski definition) is 0. The number of aromatic nitrogens is 2. The molecule has 0 fully saturated rings. The van der Waals surface area contributed by atoms with Crippen molar-refractivity contribution in [2.75, 3.05) is 33.2 Å². The summed E-state index contributed by atoms with van der Waals surface area (Å²) in [5.74, 6) is 3.35. The lowest BCUT2D eigenvalue weighted by molar-refractivity contribution is 0.0230. The lowest BCUT2D eigenvalue weighted by Crippen LogP contribution is -2.05. The van der Waals surface area contributed by atoms with Crippen LogP contribution >= 0.6 is 22.7 Å². The zero-order chi connectivity index (χ0) is 42.5. The van der Waals surface area contributed by atoms with Gasteiger partial charge in [0.05, 0.1) is 51.6 Å². The minimum Gasteiger partial charge on any atom is -0.493 e. The molecule has 6 aromatic carbocycles.